The van der Waals surface area contributed by atoms with Gasteiger partial charge in [0.25, 0.3) is 0 Å². The predicted molar refractivity (Wildman–Crippen MR) is 29.6 cm³/mol. The molecule has 0 saturated carbocycles. The Bertz CT molecular complexity index is 60.7. The van der Waals surface area contributed by atoms with Crippen molar-refractivity contribution in [1.82, 2.24) is 0 Å². The van der Waals surface area contributed by atoms with Crippen molar-refractivity contribution in [2.75, 3.05) is 0 Å². The van der Waals surface area contributed by atoms with Crippen molar-refractivity contribution in [3.63, 3.8) is 0 Å². The molecule has 0 amide bonds. The van der Waals surface area contributed by atoms with Gasteiger partial charge in [0, 0.05) is 0 Å². The molecule has 3 heteroatoms. The Balaban J connectivity index is 0. The fourth-order valence-corrected chi connectivity index (χ4v) is 0. The molecule has 7 heavy (non-hydrogen) atoms. The van der Waals surface area contributed by atoms with Gasteiger partial charge in [-0.25, -0.2) is 0 Å². The first-order chi connectivity index (χ1) is 2.64. The van der Waals surface area contributed by atoms with E-state index in [1.54, 1.807) is 13.8 Å². The molecular weight excluding hydrogens is 213 g/mol. The zero-order chi connectivity index (χ0) is 5.15. The summed E-state index contributed by atoms with van der Waals surface area (Å²) in [5, 5.41) is 7.99. The van der Waals surface area contributed by atoms with Crippen molar-refractivity contribution in [3.8, 4) is 0 Å². The first-order valence-corrected chi connectivity index (χ1v) is 1.87. The number of carbonyl (C=O) groups is 1. The van der Waals surface area contributed by atoms with Crippen LogP contribution in [0.15, 0.2) is 0 Å². The average Bonchev–Trinajstić information content (AvgIpc) is 1.36. The summed E-state index contributed by atoms with van der Waals surface area (Å²) in [6, 6.07) is 0. The second-order valence-corrected chi connectivity index (χ2v) is 1.49. The fraction of sp³-hybridized carbons (Fsp3) is 0.750. The molecule has 0 atom stereocenters. The molecule has 0 aromatic carbocycles. The molecule has 0 aliphatic rings. The second kappa shape index (κ2) is 5.65. The number of rotatable bonds is 1. The van der Waals surface area contributed by atoms with Gasteiger partial charge in [-0.3, -0.25) is 4.79 Å². The molecule has 0 aromatic rings. The minimum absolute atomic E-state index is 0. The molecule has 0 bridgehead atoms. The quantitative estimate of drug-likeness (QED) is 0.682. The van der Waals surface area contributed by atoms with Crippen molar-refractivity contribution in [2.45, 2.75) is 13.8 Å². The Morgan fingerprint density at radius 1 is 1.57 bits per heavy atom. The summed E-state index contributed by atoms with van der Waals surface area (Å²) in [6.45, 7) is 3.28. The maximum absolute atomic E-state index is 9.70. The van der Waals surface area contributed by atoms with Gasteiger partial charge in [0.05, 0.1) is 5.92 Å². The van der Waals surface area contributed by atoms with Crippen LogP contribution in [0.25, 0.3) is 0 Å². The monoisotopic (exact) mass is 222 g/mol. The first-order valence-electron chi connectivity index (χ1n) is 1.87. The van der Waals surface area contributed by atoms with Crippen molar-refractivity contribution in [1.29, 1.82) is 0 Å². The van der Waals surface area contributed by atoms with Crippen molar-refractivity contribution >= 4 is 74.9 Å². The number of carboxylic acids is 1. The Labute approximate surface area is 102 Å². The topological polar surface area (TPSA) is 37.3 Å². The summed E-state index contributed by atoms with van der Waals surface area (Å²) in [5.41, 5.74) is 0. The van der Waals surface area contributed by atoms with E-state index in [-0.39, 0.29) is 74.8 Å². The van der Waals surface area contributed by atoms with Gasteiger partial charge >= 0.3 is 74.9 Å². The van der Waals surface area contributed by atoms with Crippen LogP contribution in [0.1, 0.15) is 13.8 Å². The molecule has 0 rings (SSSR count). The molecule has 0 aliphatic heterocycles. The van der Waals surface area contributed by atoms with E-state index in [0.717, 1.165) is 0 Å². The molecule has 0 heterocycles. The van der Waals surface area contributed by atoms with Crippen LogP contribution in [-0.4, -0.2) is 80.0 Å². The molecule has 0 aromatic heterocycles. The van der Waals surface area contributed by atoms with Crippen LogP contribution in [0, 0.1) is 5.92 Å². The number of aliphatic carboxylic acids is 1. The summed E-state index contributed by atoms with van der Waals surface area (Å²) >= 11 is 0. The summed E-state index contributed by atoms with van der Waals surface area (Å²) in [6.07, 6.45) is 0. The van der Waals surface area contributed by atoms with Gasteiger partial charge in [0.15, 0.2) is 0 Å². The Morgan fingerprint density at radius 2 is 1.71 bits per heavy atom. The molecular formula is C4H9CsO2. The van der Waals surface area contributed by atoms with Crippen LogP contribution in [-0.2, 0) is 4.79 Å². The van der Waals surface area contributed by atoms with Crippen molar-refractivity contribution < 1.29 is 9.90 Å². The van der Waals surface area contributed by atoms with Crippen molar-refractivity contribution in [3.05, 3.63) is 0 Å². The normalized spacial score (nSPS) is 7.86. The van der Waals surface area contributed by atoms with Gasteiger partial charge in [-0.1, -0.05) is 13.8 Å². The molecule has 38 valence electrons. The molecule has 0 saturated heterocycles. The third kappa shape index (κ3) is 7.52. The van der Waals surface area contributed by atoms with E-state index < -0.39 is 5.97 Å². The molecule has 2 nitrogen and oxygen atoms in total. The Kier molecular flexibility index (Phi) is 9.16. The first kappa shape index (κ1) is 11.3. The molecule has 1 N–H and O–H groups in total. The SMILES string of the molecule is CC(C)C(=O)O.[CsH]. The van der Waals surface area contributed by atoms with E-state index in [4.69, 9.17) is 5.11 Å². The number of hydrogen-bond donors (Lipinski definition) is 1. The van der Waals surface area contributed by atoms with Crippen LogP contribution in [0.2, 0.25) is 0 Å². The Hall–Kier alpha value is 1.52. The van der Waals surface area contributed by atoms with Crippen LogP contribution in [0.4, 0.5) is 0 Å². The van der Waals surface area contributed by atoms with Crippen LogP contribution in [0.5, 0.6) is 0 Å². The molecule has 0 radical (unpaired) electrons. The number of hydrogen-bond acceptors (Lipinski definition) is 1. The number of carboxylic acid groups (broad SMARTS) is 1. The van der Waals surface area contributed by atoms with Crippen LogP contribution >= 0.6 is 0 Å². The zero-order valence-corrected chi connectivity index (χ0v) is 3.93. The molecule has 0 aliphatic carbocycles. The molecule has 0 unspecified atom stereocenters. The third-order valence-corrected chi connectivity index (χ3v) is 0.494. The second-order valence-electron chi connectivity index (χ2n) is 1.49. The van der Waals surface area contributed by atoms with Gasteiger partial charge in [-0.15, -0.1) is 0 Å². The van der Waals surface area contributed by atoms with E-state index in [2.05, 4.69) is 0 Å². The van der Waals surface area contributed by atoms with Crippen LogP contribution < -0.4 is 0 Å². The van der Waals surface area contributed by atoms with E-state index in [1.807, 2.05) is 0 Å². The van der Waals surface area contributed by atoms with E-state index >= 15 is 0 Å². The van der Waals surface area contributed by atoms with Gasteiger partial charge in [-0.2, -0.15) is 0 Å². The third-order valence-electron chi connectivity index (χ3n) is 0.494. The molecule has 0 fully saturated rings. The van der Waals surface area contributed by atoms with Gasteiger partial charge < -0.3 is 5.11 Å². The zero-order valence-electron chi connectivity index (χ0n) is 3.93. The van der Waals surface area contributed by atoms with Crippen molar-refractivity contribution in [2.24, 2.45) is 5.92 Å². The van der Waals surface area contributed by atoms with Gasteiger partial charge in [-0.05, 0) is 0 Å². The maximum atomic E-state index is 9.70. The molecule has 0 spiro atoms. The Morgan fingerprint density at radius 3 is 1.71 bits per heavy atom. The van der Waals surface area contributed by atoms with E-state index in [9.17, 15) is 4.79 Å². The minimum atomic E-state index is -0.741. The van der Waals surface area contributed by atoms with Gasteiger partial charge in [0.1, 0.15) is 0 Å². The summed E-state index contributed by atoms with van der Waals surface area (Å²) < 4.78 is 0. The summed E-state index contributed by atoms with van der Waals surface area (Å²) in [7, 11) is 0. The fourth-order valence-electron chi connectivity index (χ4n) is 0. The van der Waals surface area contributed by atoms with Crippen LogP contribution in [0.3, 0.4) is 0 Å². The average molecular weight is 222 g/mol. The van der Waals surface area contributed by atoms with Gasteiger partial charge in [0.2, 0.25) is 0 Å². The standard InChI is InChI=1S/C4H8O2.Cs.H/c1-3(2)4(5)6;;/h3H,1-2H3,(H,5,6);;. The van der Waals surface area contributed by atoms with E-state index in [0.29, 0.717) is 0 Å². The summed E-state index contributed by atoms with van der Waals surface area (Å²) in [5.74, 6) is -0.972. The predicted octanol–water partition coefficient (Wildman–Crippen LogP) is 0.0785. The van der Waals surface area contributed by atoms with E-state index in [1.165, 1.54) is 0 Å². The summed E-state index contributed by atoms with van der Waals surface area (Å²) in [4.78, 5) is 9.70.